The molecule has 1 aliphatic rings. The largest absolute Gasteiger partial charge is 0.336 e. The first-order valence-corrected chi connectivity index (χ1v) is 6.72. The summed E-state index contributed by atoms with van der Waals surface area (Å²) in [6.45, 7) is 6.10. The Balaban J connectivity index is 0.000000771. The van der Waals surface area contributed by atoms with Crippen molar-refractivity contribution in [2.75, 3.05) is 12.9 Å². The second-order valence-corrected chi connectivity index (χ2v) is 5.03. The first-order chi connectivity index (χ1) is 8.46. The van der Waals surface area contributed by atoms with Crippen molar-refractivity contribution in [3.05, 3.63) is 17.0 Å². The first kappa shape index (κ1) is 14.9. The number of imidazole rings is 1. The van der Waals surface area contributed by atoms with Crippen molar-refractivity contribution in [1.29, 1.82) is 0 Å². The van der Waals surface area contributed by atoms with Gasteiger partial charge >= 0.3 is 0 Å². The van der Waals surface area contributed by atoms with E-state index in [1.54, 1.807) is 11.7 Å². The summed E-state index contributed by atoms with van der Waals surface area (Å²) < 4.78 is 3.77. The van der Waals surface area contributed by atoms with Gasteiger partial charge in [0.15, 0.2) is 0 Å². The van der Waals surface area contributed by atoms with Gasteiger partial charge in [-0.2, -0.15) is 0 Å². The maximum atomic E-state index is 6.25. The van der Waals surface area contributed by atoms with Gasteiger partial charge in [0, 0.05) is 19.8 Å². The lowest BCUT2D eigenvalue weighted by atomic mass is 9.65. The number of hydrogen-bond acceptors (Lipinski definition) is 2. The molecular formula is C13H25BN4. The minimum absolute atomic E-state index is 0.154. The smallest absolute Gasteiger partial charge is 0.223 e. The van der Waals surface area contributed by atoms with E-state index in [4.69, 9.17) is 13.7 Å². The van der Waals surface area contributed by atoms with Crippen LogP contribution in [0.25, 0.3) is 0 Å². The van der Waals surface area contributed by atoms with E-state index in [-0.39, 0.29) is 5.31 Å². The molecule has 0 saturated carbocycles. The van der Waals surface area contributed by atoms with Gasteiger partial charge < -0.3 is 10.4 Å². The second-order valence-electron chi connectivity index (χ2n) is 5.03. The second kappa shape index (κ2) is 5.68. The molecule has 100 valence electrons. The normalized spacial score (nSPS) is 23.9. The van der Waals surface area contributed by atoms with Crippen LogP contribution in [0, 0.1) is 0 Å². The van der Waals surface area contributed by atoms with E-state index in [9.17, 15) is 0 Å². The van der Waals surface area contributed by atoms with Gasteiger partial charge in [-0.25, -0.2) is 4.68 Å². The van der Waals surface area contributed by atoms with E-state index < -0.39 is 0 Å². The summed E-state index contributed by atoms with van der Waals surface area (Å²) in [6, 6.07) is 0. The molecule has 0 amide bonds. The van der Waals surface area contributed by atoms with Crippen molar-refractivity contribution in [3.8, 4) is 0 Å². The summed E-state index contributed by atoms with van der Waals surface area (Å²) in [5, 5.41) is -0.154. The molecular weight excluding hydrogens is 223 g/mol. The third-order valence-corrected chi connectivity index (χ3v) is 3.48. The van der Waals surface area contributed by atoms with Gasteiger partial charge in [0.1, 0.15) is 0 Å². The van der Waals surface area contributed by atoms with E-state index >= 15 is 0 Å². The van der Waals surface area contributed by atoms with Gasteiger partial charge in [-0.1, -0.05) is 32.5 Å². The van der Waals surface area contributed by atoms with Crippen molar-refractivity contribution in [1.82, 2.24) is 9.24 Å². The van der Waals surface area contributed by atoms with Crippen molar-refractivity contribution < 1.29 is 0 Å². The lowest BCUT2D eigenvalue weighted by molar-refractivity contribution is 0.535. The molecule has 0 spiro atoms. The van der Waals surface area contributed by atoms with Crippen LogP contribution in [0.15, 0.2) is 4.99 Å². The SMILES string of the molecule is CC.[B]C1(C)CCCc2c(n(N)c(=NC)n2C)C1. The quantitative estimate of drug-likeness (QED) is 0.420. The average molecular weight is 248 g/mol. The zero-order chi connectivity index (χ0) is 13.9. The Morgan fingerprint density at radius 3 is 2.50 bits per heavy atom. The lowest BCUT2D eigenvalue weighted by Gasteiger charge is -2.22. The fraction of sp³-hybridized carbons (Fsp3) is 0.769. The Morgan fingerprint density at radius 2 is 1.94 bits per heavy atom. The molecule has 5 heteroatoms. The molecule has 0 aliphatic heterocycles. The van der Waals surface area contributed by atoms with E-state index in [1.807, 2.05) is 20.9 Å². The molecule has 0 fully saturated rings. The van der Waals surface area contributed by atoms with Gasteiger partial charge in [-0.3, -0.25) is 4.99 Å². The molecule has 2 rings (SSSR count). The third-order valence-electron chi connectivity index (χ3n) is 3.48. The highest BCUT2D eigenvalue weighted by Crippen LogP contribution is 2.36. The number of hydrogen-bond donors (Lipinski definition) is 1. The maximum absolute atomic E-state index is 6.25. The highest BCUT2D eigenvalue weighted by atomic mass is 15.4. The molecule has 2 N–H and O–H groups in total. The molecule has 2 radical (unpaired) electrons. The molecule has 1 unspecified atom stereocenters. The molecule has 1 aliphatic carbocycles. The summed E-state index contributed by atoms with van der Waals surface area (Å²) in [5.74, 6) is 6.07. The molecule has 0 aromatic carbocycles. The van der Waals surface area contributed by atoms with Gasteiger partial charge in [0.05, 0.1) is 13.5 Å². The van der Waals surface area contributed by atoms with Gasteiger partial charge in [0.25, 0.3) is 0 Å². The fourth-order valence-electron chi connectivity index (χ4n) is 2.62. The van der Waals surface area contributed by atoms with Crippen LogP contribution in [-0.4, -0.2) is 24.1 Å². The molecule has 1 heterocycles. The average Bonchev–Trinajstić information content (AvgIpc) is 2.49. The van der Waals surface area contributed by atoms with Gasteiger partial charge in [0.2, 0.25) is 5.62 Å². The topological polar surface area (TPSA) is 48.2 Å². The van der Waals surface area contributed by atoms with Crippen LogP contribution < -0.4 is 11.5 Å². The van der Waals surface area contributed by atoms with Crippen LogP contribution >= 0.6 is 0 Å². The monoisotopic (exact) mass is 248 g/mol. The predicted octanol–water partition coefficient (Wildman–Crippen LogP) is 1.32. The minimum Gasteiger partial charge on any atom is -0.336 e. The molecule has 1 atom stereocenters. The molecule has 4 nitrogen and oxygen atoms in total. The Bertz CT molecular complexity index is 468. The Labute approximate surface area is 111 Å². The van der Waals surface area contributed by atoms with Crippen LogP contribution in [0.5, 0.6) is 0 Å². The number of nitrogens with two attached hydrogens (primary N) is 1. The molecule has 1 aromatic rings. The molecule has 0 saturated heterocycles. The van der Waals surface area contributed by atoms with Crippen molar-refractivity contribution in [2.45, 2.75) is 51.8 Å². The van der Waals surface area contributed by atoms with Gasteiger partial charge in [-0.15, -0.1) is 0 Å². The lowest BCUT2D eigenvalue weighted by Crippen LogP contribution is -2.31. The Kier molecular flexibility index (Phi) is 4.71. The summed E-state index contributed by atoms with van der Waals surface area (Å²) >= 11 is 0. The van der Waals surface area contributed by atoms with E-state index in [1.165, 1.54) is 5.69 Å². The van der Waals surface area contributed by atoms with Gasteiger partial charge in [-0.05, 0) is 19.3 Å². The van der Waals surface area contributed by atoms with E-state index in [2.05, 4.69) is 16.5 Å². The summed E-state index contributed by atoms with van der Waals surface area (Å²) in [4.78, 5) is 4.21. The van der Waals surface area contributed by atoms with E-state index in [0.29, 0.717) is 0 Å². The van der Waals surface area contributed by atoms with E-state index in [0.717, 1.165) is 37.0 Å². The Hall–Kier alpha value is -1.13. The van der Waals surface area contributed by atoms with Crippen LogP contribution in [-0.2, 0) is 19.9 Å². The summed E-state index contributed by atoms with van der Waals surface area (Å²) in [7, 11) is 10.0. The predicted molar refractivity (Wildman–Crippen MR) is 77.2 cm³/mol. The highest BCUT2D eigenvalue weighted by molar-refractivity contribution is 6.15. The number of nitrogen functional groups attached to an aromatic ring is 1. The zero-order valence-corrected chi connectivity index (χ0v) is 12.3. The standard InChI is InChI=1S/C11H19BN4.C2H6/c1-11(12)6-4-5-8-9(7-11)16(13)10(14-2)15(8)3;1-2/h4-7,13H2,1-3H3;1-2H3. The number of rotatable bonds is 0. The number of nitrogens with zero attached hydrogens (tertiary/aromatic N) is 3. The highest BCUT2D eigenvalue weighted by Gasteiger charge is 2.27. The van der Waals surface area contributed by atoms with Crippen molar-refractivity contribution >= 4 is 7.85 Å². The van der Waals surface area contributed by atoms with Crippen molar-refractivity contribution in [3.63, 3.8) is 0 Å². The zero-order valence-electron chi connectivity index (χ0n) is 12.3. The first-order valence-electron chi connectivity index (χ1n) is 6.72. The molecule has 18 heavy (non-hydrogen) atoms. The van der Waals surface area contributed by atoms with Crippen LogP contribution in [0.3, 0.4) is 0 Å². The fourth-order valence-corrected chi connectivity index (χ4v) is 2.62. The Morgan fingerprint density at radius 1 is 1.33 bits per heavy atom. The van der Waals surface area contributed by atoms with Crippen LogP contribution in [0.4, 0.5) is 0 Å². The maximum Gasteiger partial charge on any atom is 0.223 e. The van der Waals surface area contributed by atoms with Crippen LogP contribution in [0.1, 0.15) is 45.0 Å². The third kappa shape index (κ3) is 2.65. The number of fused-ring (bicyclic) bond motifs is 1. The number of aromatic nitrogens is 2. The van der Waals surface area contributed by atoms with Crippen molar-refractivity contribution in [2.24, 2.45) is 12.0 Å². The summed E-state index contributed by atoms with van der Waals surface area (Å²) in [6.07, 6.45) is 4.01. The molecule has 1 aromatic heterocycles. The van der Waals surface area contributed by atoms with Crippen LogP contribution in [0.2, 0.25) is 5.31 Å². The molecule has 0 bridgehead atoms. The minimum atomic E-state index is -0.154. The summed E-state index contributed by atoms with van der Waals surface area (Å²) in [5.41, 5.74) is 3.21.